The molecular formula is C12H28. The van der Waals surface area contributed by atoms with Crippen LogP contribution in [0.25, 0.3) is 0 Å². The van der Waals surface area contributed by atoms with Crippen LogP contribution in [0, 0.1) is 12.8 Å². The van der Waals surface area contributed by atoms with Gasteiger partial charge in [0.05, 0.1) is 0 Å². The molecule has 0 heterocycles. The van der Waals surface area contributed by atoms with E-state index in [0.717, 1.165) is 0 Å². The van der Waals surface area contributed by atoms with E-state index >= 15 is 0 Å². The number of hydrogen-bond donors (Lipinski definition) is 0. The molecule has 0 atom stereocenters. The summed E-state index contributed by atoms with van der Waals surface area (Å²) in [5.41, 5.74) is 0. The SMILES string of the molecule is C#C.CC.CCC.CCCCC. The van der Waals surface area contributed by atoms with Gasteiger partial charge in [-0.1, -0.05) is 67.2 Å². The fraction of sp³-hybridized carbons (Fsp3) is 0.833. The van der Waals surface area contributed by atoms with Crippen LogP contribution in [0.15, 0.2) is 0 Å². The minimum Gasteiger partial charge on any atom is -0.124 e. The van der Waals surface area contributed by atoms with Gasteiger partial charge in [-0.05, 0) is 0 Å². The summed E-state index contributed by atoms with van der Waals surface area (Å²) >= 11 is 0. The molecule has 0 aromatic rings. The lowest BCUT2D eigenvalue weighted by Crippen LogP contribution is -1.59. The van der Waals surface area contributed by atoms with Crippen molar-refractivity contribution >= 4 is 0 Å². The zero-order chi connectivity index (χ0) is 10.8. The van der Waals surface area contributed by atoms with Gasteiger partial charge in [-0.25, -0.2) is 0 Å². The predicted octanol–water partition coefficient (Wildman–Crippen LogP) is 4.89. The Kier molecular flexibility index (Phi) is 143. The molecule has 0 aliphatic carbocycles. The third-order valence-corrected chi connectivity index (χ3v) is 0.707. The maximum Gasteiger partial charge on any atom is -0.0538 e. The Labute approximate surface area is 80.8 Å². The average molecular weight is 172 g/mol. The molecule has 0 saturated carbocycles. The second kappa shape index (κ2) is 76.2. The lowest BCUT2D eigenvalue weighted by atomic mass is 10.3. The normalized spacial score (nSPS) is 5.67. The summed E-state index contributed by atoms with van der Waals surface area (Å²) in [5.74, 6) is 0. The van der Waals surface area contributed by atoms with Crippen LogP contribution in [0.1, 0.15) is 67.2 Å². The summed E-state index contributed by atoms with van der Waals surface area (Å²) < 4.78 is 0. The molecule has 76 valence electrons. The van der Waals surface area contributed by atoms with E-state index in [4.69, 9.17) is 0 Å². The highest BCUT2D eigenvalue weighted by atomic mass is 13.7. The van der Waals surface area contributed by atoms with Crippen LogP contribution < -0.4 is 0 Å². The summed E-state index contributed by atoms with van der Waals surface area (Å²) in [6, 6.07) is 0. The maximum atomic E-state index is 4.00. The number of rotatable bonds is 2. The van der Waals surface area contributed by atoms with Crippen LogP contribution in [0.3, 0.4) is 0 Å². The molecule has 0 N–H and O–H groups in total. The molecule has 0 aromatic heterocycles. The van der Waals surface area contributed by atoms with Crippen molar-refractivity contribution < 1.29 is 0 Å². The van der Waals surface area contributed by atoms with Crippen molar-refractivity contribution in [1.29, 1.82) is 0 Å². The number of terminal acetylenes is 1. The Bertz CT molecular complexity index is 32.5. The monoisotopic (exact) mass is 172 g/mol. The highest BCUT2D eigenvalue weighted by Gasteiger charge is 1.68. The molecule has 0 nitrogen and oxygen atoms in total. The molecular weight excluding hydrogens is 144 g/mol. The van der Waals surface area contributed by atoms with Crippen LogP contribution in [0.5, 0.6) is 0 Å². The van der Waals surface area contributed by atoms with Crippen molar-refractivity contribution in [3.8, 4) is 12.8 Å². The van der Waals surface area contributed by atoms with Gasteiger partial charge in [0.1, 0.15) is 0 Å². The second-order valence-electron chi connectivity index (χ2n) is 2.06. The fourth-order valence-electron chi connectivity index (χ4n) is 0.354. The van der Waals surface area contributed by atoms with Crippen LogP contribution in [-0.4, -0.2) is 0 Å². The minimum atomic E-state index is 1.25. The van der Waals surface area contributed by atoms with Crippen molar-refractivity contribution in [1.82, 2.24) is 0 Å². The van der Waals surface area contributed by atoms with Crippen molar-refractivity contribution in [3.05, 3.63) is 0 Å². The van der Waals surface area contributed by atoms with Crippen LogP contribution in [0.4, 0.5) is 0 Å². The van der Waals surface area contributed by atoms with E-state index in [1.165, 1.54) is 25.7 Å². The lowest BCUT2D eigenvalue weighted by Gasteiger charge is -1.79. The molecule has 0 spiro atoms. The molecule has 0 saturated heterocycles. The van der Waals surface area contributed by atoms with Crippen LogP contribution in [0.2, 0.25) is 0 Å². The highest BCUT2D eigenvalue weighted by Crippen LogP contribution is 1.88. The second-order valence-corrected chi connectivity index (χ2v) is 2.06. The highest BCUT2D eigenvalue weighted by molar-refractivity contribution is 4.47. The molecule has 0 bridgehead atoms. The van der Waals surface area contributed by atoms with Gasteiger partial charge in [0.25, 0.3) is 0 Å². The smallest absolute Gasteiger partial charge is 0.0538 e. The quantitative estimate of drug-likeness (QED) is 0.520. The van der Waals surface area contributed by atoms with Gasteiger partial charge >= 0.3 is 0 Å². The Morgan fingerprint density at radius 1 is 0.750 bits per heavy atom. The molecule has 0 heteroatoms. The first-order chi connectivity index (χ1) is 5.83. The first-order valence-corrected chi connectivity index (χ1v) is 5.16. The Morgan fingerprint density at radius 3 is 0.917 bits per heavy atom. The molecule has 0 unspecified atom stereocenters. The first-order valence-electron chi connectivity index (χ1n) is 5.16. The van der Waals surface area contributed by atoms with E-state index in [9.17, 15) is 0 Å². The minimum absolute atomic E-state index is 1.25. The van der Waals surface area contributed by atoms with Crippen molar-refractivity contribution in [2.24, 2.45) is 0 Å². The van der Waals surface area contributed by atoms with Gasteiger partial charge in [-0.15, -0.1) is 12.8 Å². The van der Waals surface area contributed by atoms with Crippen molar-refractivity contribution in [2.45, 2.75) is 67.2 Å². The largest absolute Gasteiger partial charge is 0.124 e. The summed E-state index contributed by atoms with van der Waals surface area (Å²) in [6.45, 7) is 12.7. The van der Waals surface area contributed by atoms with Gasteiger partial charge in [0.15, 0.2) is 0 Å². The average Bonchev–Trinajstić information content (AvgIpc) is 2.14. The van der Waals surface area contributed by atoms with Crippen LogP contribution in [-0.2, 0) is 0 Å². The zero-order valence-corrected chi connectivity index (χ0v) is 9.98. The third kappa shape index (κ3) is 288. The summed E-state index contributed by atoms with van der Waals surface area (Å²) in [4.78, 5) is 0. The number of hydrogen-bond acceptors (Lipinski definition) is 0. The van der Waals surface area contributed by atoms with Gasteiger partial charge in [0, 0.05) is 0 Å². The Morgan fingerprint density at radius 2 is 0.917 bits per heavy atom. The molecule has 0 aromatic carbocycles. The van der Waals surface area contributed by atoms with E-state index in [2.05, 4.69) is 40.5 Å². The molecule has 12 heavy (non-hydrogen) atoms. The summed E-state index contributed by atoms with van der Waals surface area (Å²) in [6.07, 6.45) is 13.3. The standard InChI is InChI=1S/C5H12.C3H8.C2H6.C2H2/c1-3-5-4-2;1-3-2;2*1-2/h3-5H2,1-2H3;3H2,1-2H3;1-2H3;1-2H. The van der Waals surface area contributed by atoms with E-state index in [-0.39, 0.29) is 0 Å². The van der Waals surface area contributed by atoms with E-state index in [1.54, 1.807) is 0 Å². The topological polar surface area (TPSA) is 0 Å². The maximum absolute atomic E-state index is 4.00. The lowest BCUT2D eigenvalue weighted by molar-refractivity contribution is 0.772. The molecule has 0 rings (SSSR count). The molecule has 0 fully saturated rings. The van der Waals surface area contributed by atoms with Gasteiger partial charge in [-0.2, -0.15) is 0 Å². The van der Waals surface area contributed by atoms with Crippen molar-refractivity contribution in [2.75, 3.05) is 0 Å². The third-order valence-electron chi connectivity index (χ3n) is 0.707. The van der Waals surface area contributed by atoms with Crippen molar-refractivity contribution in [3.63, 3.8) is 0 Å². The van der Waals surface area contributed by atoms with E-state index < -0.39 is 0 Å². The van der Waals surface area contributed by atoms with E-state index in [1.807, 2.05) is 13.8 Å². The molecule has 0 aliphatic rings. The van der Waals surface area contributed by atoms with Gasteiger partial charge in [0.2, 0.25) is 0 Å². The van der Waals surface area contributed by atoms with E-state index in [0.29, 0.717) is 0 Å². The first kappa shape index (κ1) is 22.6. The Balaban J connectivity index is -0.0000000397. The summed E-state index contributed by atoms with van der Waals surface area (Å²) in [5, 5.41) is 0. The van der Waals surface area contributed by atoms with Crippen LogP contribution >= 0.6 is 0 Å². The molecule has 0 aliphatic heterocycles. The summed E-state index contributed by atoms with van der Waals surface area (Å²) in [7, 11) is 0. The number of unbranched alkanes of at least 4 members (excludes halogenated alkanes) is 2. The van der Waals surface area contributed by atoms with Gasteiger partial charge in [-0.3, -0.25) is 0 Å². The fourth-order valence-corrected chi connectivity index (χ4v) is 0.354. The predicted molar refractivity (Wildman–Crippen MR) is 62.4 cm³/mol. The Hall–Kier alpha value is -0.440. The molecule has 0 radical (unpaired) electrons. The molecule has 0 amide bonds. The van der Waals surface area contributed by atoms with Gasteiger partial charge < -0.3 is 0 Å². The zero-order valence-electron chi connectivity index (χ0n) is 9.98.